The number of hydrogen-bond donors (Lipinski definition) is 0. The summed E-state index contributed by atoms with van der Waals surface area (Å²) in [5.74, 6) is 1.37. The summed E-state index contributed by atoms with van der Waals surface area (Å²) in [6.07, 6.45) is 0. The first-order valence-electron chi connectivity index (χ1n) is 6.31. The van der Waals surface area contributed by atoms with E-state index in [1.165, 1.54) is 21.3 Å². The third kappa shape index (κ3) is 3.35. The predicted octanol–water partition coefficient (Wildman–Crippen LogP) is 1.82. The van der Waals surface area contributed by atoms with Gasteiger partial charge in [-0.2, -0.15) is 0 Å². The Morgan fingerprint density at radius 3 is 2.05 bits per heavy atom. The van der Waals surface area contributed by atoms with E-state index in [1.807, 2.05) is 30.3 Å². The van der Waals surface area contributed by atoms with Crippen molar-refractivity contribution in [3.05, 3.63) is 48.0 Å². The molecule has 110 valence electrons. The van der Waals surface area contributed by atoms with Crippen molar-refractivity contribution in [1.29, 1.82) is 0 Å². The SMILES string of the molecule is COc1ccc(OC)c(C([O-])=Pc2ccccc2)c1OC. The molecule has 0 aliphatic carbocycles. The third-order valence-corrected chi connectivity index (χ3v) is 3.91. The van der Waals surface area contributed by atoms with Crippen molar-refractivity contribution in [2.75, 3.05) is 21.3 Å². The zero-order valence-electron chi connectivity index (χ0n) is 12.1. The van der Waals surface area contributed by atoms with Crippen molar-refractivity contribution < 1.29 is 19.3 Å². The largest absolute Gasteiger partial charge is 0.823 e. The van der Waals surface area contributed by atoms with Gasteiger partial charge >= 0.3 is 0 Å². The van der Waals surface area contributed by atoms with Gasteiger partial charge in [-0.05, 0) is 12.1 Å². The molecular weight excluding hydrogens is 287 g/mol. The first kappa shape index (κ1) is 15.4. The van der Waals surface area contributed by atoms with Crippen LogP contribution in [0.1, 0.15) is 5.56 Å². The molecule has 0 radical (unpaired) electrons. The van der Waals surface area contributed by atoms with Gasteiger partial charge in [0.05, 0.1) is 26.9 Å². The average Bonchev–Trinajstić information content (AvgIpc) is 2.54. The number of ether oxygens (including phenoxy) is 3. The van der Waals surface area contributed by atoms with E-state index in [0.717, 1.165) is 5.30 Å². The van der Waals surface area contributed by atoms with Gasteiger partial charge in [0.2, 0.25) is 0 Å². The van der Waals surface area contributed by atoms with E-state index in [2.05, 4.69) is 0 Å². The number of hydrogen-bond acceptors (Lipinski definition) is 4. The maximum absolute atomic E-state index is 12.6. The predicted molar refractivity (Wildman–Crippen MR) is 83.2 cm³/mol. The highest BCUT2D eigenvalue weighted by molar-refractivity contribution is 7.49. The van der Waals surface area contributed by atoms with E-state index >= 15 is 0 Å². The second-order valence-electron chi connectivity index (χ2n) is 4.13. The Kier molecular flexibility index (Phi) is 5.20. The highest BCUT2D eigenvalue weighted by Gasteiger charge is 2.14. The summed E-state index contributed by atoms with van der Waals surface area (Å²) >= 11 is 0. The van der Waals surface area contributed by atoms with Crippen LogP contribution in [0, 0.1) is 0 Å². The van der Waals surface area contributed by atoms with Crippen molar-refractivity contribution in [1.82, 2.24) is 0 Å². The summed E-state index contributed by atoms with van der Waals surface area (Å²) in [6, 6.07) is 12.9. The quantitative estimate of drug-likeness (QED) is 0.791. The van der Waals surface area contributed by atoms with Gasteiger partial charge in [-0.15, -0.1) is 0 Å². The highest BCUT2D eigenvalue weighted by Crippen LogP contribution is 2.37. The van der Waals surface area contributed by atoms with Gasteiger partial charge in [0, 0.05) is 5.30 Å². The molecule has 5 heteroatoms. The lowest BCUT2D eigenvalue weighted by Crippen LogP contribution is -2.20. The molecule has 2 aromatic rings. The fraction of sp³-hybridized carbons (Fsp3) is 0.188. The lowest BCUT2D eigenvalue weighted by atomic mass is 10.1. The molecule has 0 N–H and O–H groups in total. The molecule has 0 unspecified atom stereocenters. The van der Waals surface area contributed by atoms with E-state index in [4.69, 9.17) is 14.2 Å². The molecule has 0 fully saturated rings. The molecule has 0 aliphatic rings. The van der Waals surface area contributed by atoms with E-state index in [1.54, 1.807) is 12.1 Å². The molecule has 0 atom stereocenters. The van der Waals surface area contributed by atoms with Gasteiger partial charge in [0.15, 0.2) is 11.5 Å². The molecule has 0 saturated heterocycles. The molecule has 2 aromatic carbocycles. The first-order chi connectivity index (χ1) is 10.2. The van der Waals surface area contributed by atoms with Crippen LogP contribution in [0.25, 0.3) is 0 Å². The maximum atomic E-state index is 12.6. The Morgan fingerprint density at radius 2 is 1.48 bits per heavy atom. The zero-order valence-corrected chi connectivity index (χ0v) is 13.0. The summed E-state index contributed by atoms with van der Waals surface area (Å²) in [7, 11) is 5.13. The van der Waals surface area contributed by atoms with Gasteiger partial charge < -0.3 is 19.3 Å². The Balaban J connectivity index is 2.58. The fourth-order valence-electron chi connectivity index (χ4n) is 1.96. The smallest absolute Gasteiger partial charge is 0.170 e. The second kappa shape index (κ2) is 7.11. The Morgan fingerprint density at radius 1 is 0.857 bits per heavy atom. The number of benzene rings is 2. The van der Waals surface area contributed by atoms with Crippen molar-refractivity contribution >= 4 is 19.0 Å². The van der Waals surface area contributed by atoms with Crippen LogP contribution in [-0.2, 0) is 0 Å². The van der Waals surface area contributed by atoms with Gasteiger partial charge in [-0.25, -0.2) is 0 Å². The van der Waals surface area contributed by atoms with Gasteiger partial charge in [0.25, 0.3) is 0 Å². The van der Waals surface area contributed by atoms with Gasteiger partial charge in [0.1, 0.15) is 5.75 Å². The van der Waals surface area contributed by atoms with Crippen molar-refractivity contribution in [2.24, 2.45) is 0 Å². The van der Waals surface area contributed by atoms with E-state index < -0.39 is 0 Å². The number of methoxy groups -OCH3 is 3. The van der Waals surface area contributed by atoms with E-state index in [0.29, 0.717) is 31.0 Å². The minimum absolute atomic E-state index is 0.103. The van der Waals surface area contributed by atoms with Crippen LogP contribution < -0.4 is 24.6 Å². The van der Waals surface area contributed by atoms with Crippen LogP contribution in [0.3, 0.4) is 0 Å². The molecule has 0 spiro atoms. The molecule has 2 rings (SSSR count). The zero-order chi connectivity index (χ0) is 15.2. The molecule has 21 heavy (non-hydrogen) atoms. The molecule has 0 heterocycles. The molecule has 0 amide bonds. The second-order valence-corrected chi connectivity index (χ2v) is 5.28. The van der Waals surface area contributed by atoms with Crippen molar-refractivity contribution in [3.63, 3.8) is 0 Å². The molecule has 0 aliphatic heterocycles. The van der Waals surface area contributed by atoms with Crippen LogP contribution in [0.2, 0.25) is 0 Å². The first-order valence-corrected chi connectivity index (χ1v) is 7.20. The standard InChI is InChI=1S/C16H17O4P/c1-18-12-9-10-13(19-2)15(20-3)14(12)16(17)21-11-7-5-4-6-8-11/h4-10,17H,1-3H3/p-1. The maximum Gasteiger partial charge on any atom is 0.170 e. The molecule has 0 aromatic heterocycles. The Hall–Kier alpha value is -2.03. The van der Waals surface area contributed by atoms with Crippen LogP contribution in [0.5, 0.6) is 17.2 Å². The minimum atomic E-state index is -0.103. The van der Waals surface area contributed by atoms with Gasteiger partial charge in [-0.3, -0.25) is 0 Å². The summed E-state index contributed by atoms with van der Waals surface area (Å²) in [5.41, 5.74) is 0.290. The van der Waals surface area contributed by atoms with Gasteiger partial charge in [-0.1, -0.05) is 44.0 Å². The third-order valence-electron chi connectivity index (χ3n) is 2.93. The van der Waals surface area contributed by atoms with Crippen LogP contribution >= 0.6 is 8.20 Å². The van der Waals surface area contributed by atoms with E-state index in [9.17, 15) is 5.11 Å². The number of rotatable bonds is 5. The van der Waals surface area contributed by atoms with Crippen LogP contribution in [-0.4, -0.2) is 26.8 Å². The Bertz CT molecular complexity index is 638. The molecule has 0 saturated carbocycles. The monoisotopic (exact) mass is 303 g/mol. The topological polar surface area (TPSA) is 50.8 Å². The molecular formula is C16H16O4P-. The summed E-state index contributed by atoms with van der Waals surface area (Å²) in [5, 5.41) is 13.5. The lowest BCUT2D eigenvalue weighted by Gasteiger charge is -2.21. The lowest BCUT2D eigenvalue weighted by molar-refractivity contribution is -0.207. The van der Waals surface area contributed by atoms with Crippen molar-refractivity contribution in [2.45, 2.75) is 0 Å². The highest BCUT2D eigenvalue weighted by atomic mass is 31.1. The summed E-state index contributed by atoms with van der Waals surface area (Å²) < 4.78 is 15.9. The van der Waals surface area contributed by atoms with E-state index in [-0.39, 0.29) is 5.48 Å². The normalized spacial score (nSPS) is 11.1. The molecule has 0 bridgehead atoms. The van der Waals surface area contributed by atoms with Crippen LogP contribution in [0.4, 0.5) is 0 Å². The average molecular weight is 303 g/mol. The fourth-order valence-corrected chi connectivity index (χ4v) is 2.84. The van der Waals surface area contributed by atoms with Crippen LogP contribution in [0.15, 0.2) is 42.5 Å². The molecule has 4 nitrogen and oxygen atoms in total. The van der Waals surface area contributed by atoms with Crippen molar-refractivity contribution in [3.8, 4) is 17.2 Å². The minimum Gasteiger partial charge on any atom is -0.823 e. The summed E-state index contributed by atoms with van der Waals surface area (Å²) in [4.78, 5) is 0. The Labute approximate surface area is 125 Å². The summed E-state index contributed by atoms with van der Waals surface area (Å²) in [6.45, 7) is 0.